The van der Waals surface area contributed by atoms with Crippen LogP contribution in [-0.2, 0) is 4.74 Å². The normalized spacial score (nSPS) is 26.0. The van der Waals surface area contributed by atoms with Crippen LogP contribution in [0.5, 0.6) is 0 Å². The summed E-state index contributed by atoms with van der Waals surface area (Å²) in [5.41, 5.74) is 3.74. The molecule has 0 bridgehead atoms. The summed E-state index contributed by atoms with van der Waals surface area (Å²) in [4.78, 5) is 11.7. The van der Waals surface area contributed by atoms with Crippen molar-refractivity contribution in [3.8, 4) is 0 Å². The van der Waals surface area contributed by atoms with Gasteiger partial charge in [-0.15, -0.1) is 0 Å². The summed E-state index contributed by atoms with van der Waals surface area (Å²) in [6.45, 7) is 6.17. The summed E-state index contributed by atoms with van der Waals surface area (Å²) in [6.07, 6.45) is 3.74. The van der Waals surface area contributed by atoms with Crippen LogP contribution in [0, 0.1) is 12.8 Å². The van der Waals surface area contributed by atoms with E-state index in [1.165, 1.54) is 12.8 Å². The molecule has 1 saturated heterocycles. The third-order valence-electron chi connectivity index (χ3n) is 4.71. The minimum absolute atomic E-state index is 0.256. The van der Waals surface area contributed by atoms with Gasteiger partial charge in [0.25, 0.3) is 0 Å². The average molecular weight is 291 g/mol. The van der Waals surface area contributed by atoms with Crippen molar-refractivity contribution in [3.63, 3.8) is 0 Å². The largest absolute Gasteiger partial charge is 0.379 e. The molecular weight excluding hydrogens is 266 g/mol. The van der Waals surface area contributed by atoms with Gasteiger partial charge in [0.1, 0.15) is 17.5 Å². The van der Waals surface area contributed by atoms with Crippen LogP contribution in [0.3, 0.4) is 0 Å². The second-order valence-corrected chi connectivity index (χ2v) is 6.28. The smallest absolute Gasteiger partial charge is 0.148 e. The second kappa shape index (κ2) is 5.77. The van der Waals surface area contributed by atoms with Crippen LogP contribution in [0.1, 0.15) is 43.5 Å². The van der Waals surface area contributed by atoms with Gasteiger partial charge in [0.05, 0.1) is 6.10 Å². The van der Waals surface area contributed by atoms with Gasteiger partial charge < -0.3 is 15.1 Å². The maximum atomic E-state index is 5.63. The van der Waals surface area contributed by atoms with Gasteiger partial charge in [-0.3, -0.25) is 0 Å². The van der Waals surface area contributed by atoms with Gasteiger partial charge in [0.15, 0.2) is 0 Å². The number of piperidine rings is 1. The number of nitrogen functional groups attached to an aromatic ring is 1. The third kappa shape index (κ3) is 2.82. The van der Waals surface area contributed by atoms with E-state index in [1.807, 2.05) is 6.92 Å². The molecule has 0 radical (unpaired) electrons. The topological polar surface area (TPSA) is 76.3 Å². The Morgan fingerprint density at radius 3 is 2.67 bits per heavy atom. The van der Waals surface area contributed by atoms with E-state index in [1.54, 1.807) is 7.11 Å². The van der Waals surface area contributed by atoms with Crippen molar-refractivity contribution in [2.45, 2.75) is 45.1 Å². The summed E-state index contributed by atoms with van der Waals surface area (Å²) >= 11 is 0. The Kier molecular flexibility index (Phi) is 3.99. The van der Waals surface area contributed by atoms with Crippen molar-refractivity contribution in [1.82, 2.24) is 9.97 Å². The number of anilines is 2. The zero-order chi connectivity index (χ0) is 15.0. The van der Waals surface area contributed by atoms with Crippen molar-refractivity contribution < 1.29 is 4.74 Å². The number of ether oxygens (including phenoxy) is 1. The SMILES string of the molecule is COC1CN(c2nc(C3CC3)nc(NN)c2C)CCC1C. The monoisotopic (exact) mass is 291 g/mol. The molecule has 1 aromatic heterocycles. The van der Waals surface area contributed by atoms with E-state index in [-0.39, 0.29) is 6.10 Å². The Bertz CT molecular complexity index is 517. The molecule has 0 spiro atoms. The molecule has 2 atom stereocenters. The molecule has 116 valence electrons. The van der Waals surface area contributed by atoms with Gasteiger partial charge >= 0.3 is 0 Å². The van der Waals surface area contributed by atoms with E-state index in [9.17, 15) is 0 Å². The van der Waals surface area contributed by atoms with Crippen LogP contribution >= 0.6 is 0 Å². The molecule has 2 fully saturated rings. The average Bonchev–Trinajstić information content (AvgIpc) is 3.33. The van der Waals surface area contributed by atoms with Crippen molar-refractivity contribution >= 4 is 11.6 Å². The van der Waals surface area contributed by atoms with Crippen LogP contribution in [0.25, 0.3) is 0 Å². The number of methoxy groups -OCH3 is 1. The minimum atomic E-state index is 0.256. The molecular formula is C15H25N5O. The van der Waals surface area contributed by atoms with E-state index in [2.05, 4.69) is 22.2 Å². The molecule has 2 unspecified atom stereocenters. The standard InChI is InChI=1S/C15H25N5O/c1-9-6-7-20(8-12(9)21-3)15-10(2)13(19-16)17-14(18-15)11-4-5-11/h9,11-12H,4-8,16H2,1-3H3,(H,17,18,19). The number of hydrogen-bond acceptors (Lipinski definition) is 6. The quantitative estimate of drug-likeness (QED) is 0.651. The van der Waals surface area contributed by atoms with Gasteiger partial charge in [-0.05, 0) is 32.1 Å². The molecule has 1 aliphatic carbocycles. The first-order chi connectivity index (χ1) is 10.1. The predicted molar refractivity (Wildman–Crippen MR) is 83.3 cm³/mol. The molecule has 0 amide bonds. The highest BCUT2D eigenvalue weighted by Crippen LogP contribution is 2.40. The molecule has 6 heteroatoms. The Balaban J connectivity index is 1.91. The van der Waals surface area contributed by atoms with E-state index >= 15 is 0 Å². The zero-order valence-corrected chi connectivity index (χ0v) is 13.1. The molecule has 2 heterocycles. The Hall–Kier alpha value is -1.40. The number of hydrazine groups is 1. The molecule has 1 aliphatic heterocycles. The first-order valence-corrected chi connectivity index (χ1v) is 7.77. The summed E-state index contributed by atoms with van der Waals surface area (Å²) in [5, 5.41) is 0. The van der Waals surface area contributed by atoms with Gasteiger partial charge in [0.2, 0.25) is 0 Å². The lowest BCUT2D eigenvalue weighted by Gasteiger charge is -2.37. The summed E-state index contributed by atoms with van der Waals surface area (Å²) in [6, 6.07) is 0. The van der Waals surface area contributed by atoms with Gasteiger partial charge in [0, 0.05) is 31.7 Å². The van der Waals surface area contributed by atoms with Crippen LogP contribution in [0.2, 0.25) is 0 Å². The fourth-order valence-corrected chi connectivity index (χ4v) is 3.03. The first kappa shape index (κ1) is 14.5. The summed E-state index contributed by atoms with van der Waals surface area (Å²) in [5.74, 6) is 9.41. The molecule has 1 aromatic rings. The molecule has 1 saturated carbocycles. The molecule has 21 heavy (non-hydrogen) atoms. The number of hydrogen-bond donors (Lipinski definition) is 2. The van der Waals surface area contributed by atoms with Gasteiger partial charge in [-0.1, -0.05) is 6.92 Å². The number of nitrogens with zero attached hydrogens (tertiary/aromatic N) is 3. The maximum absolute atomic E-state index is 5.63. The molecule has 3 N–H and O–H groups in total. The van der Waals surface area contributed by atoms with Gasteiger partial charge in [-0.25, -0.2) is 15.8 Å². The molecule has 0 aromatic carbocycles. The lowest BCUT2D eigenvalue weighted by Crippen LogP contribution is -2.44. The predicted octanol–water partition coefficient (Wildman–Crippen LogP) is 1.81. The van der Waals surface area contributed by atoms with E-state index in [4.69, 9.17) is 15.6 Å². The van der Waals surface area contributed by atoms with Crippen molar-refractivity contribution in [2.75, 3.05) is 30.5 Å². The van der Waals surface area contributed by atoms with E-state index in [0.717, 1.165) is 42.5 Å². The van der Waals surface area contributed by atoms with Crippen molar-refractivity contribution in [1.29, 1.82) is 0 Å². The highest BCUT2D eigenvalue weighted by Gasteiger charge is 2.31. The lowest BCUT2D eigenvalue weighted by atomic mass is 9.95. The molecule has 6 nitrogen and oxygen atoms in total. The number of nitrogens with two attached hydrogens (primary N) is 1. The van der Waals surface area contributed by atoms with E-state index < -0.39 is 0 Å². The Labute approximate surface area is 126 Å². The minimum Gasteiger partial charge on any atom is -0.379 e. The lowest BCUT2D eigenvalue weighted by molar-refractivity contribution is 0.0496. The summed E-state index contributed by atoms with van der Waals surface area (Å²) in [7, 11) is 1.79. The van der Waals surface area contributed by atoms with Crippen molar-refractivity contribution in [2.24, 2.45) is 11.8 Å². The Morgan fingerprint density at radius 2 is 2.05 bits per heavy atom. The summed E-state index contributed by atoms with van der Waals surface area (Å²) < 4.78 is 5.62. The van der Waals surface area contributed by atoms with Crippen LogP contribution < -0.4 is 16.2 Å². The molecule has 2 aliphatic rings. The number of rotatable bonds is 4. The molecule has 3 rings (SSSR count). The Morgan fingerprint density at radius 1 is 1.29 bits per heavy atom. The maximum Gasteiger partial charge on any atom is 0.148 e. The second-order valence-electron chi connectivity index (χ2n) is 6.28. The van der Waals surface area contributed by atoms with E-state index in [0.29, 0.717) is 11.8 Å². The van der Waals surface area contributed by atoms with Crippen LogP contribution in [-0.4, -0.2) is 36.3 Å². The van der Waals surface area contributed by atoms with Crippen LogP contribution in [0.4, 0.5) is 11.6 Å². The fraction of sp³-hybridized carbons (Fsp3) is 0.733. The highest BCUT2D eigenvalue weighted by atomic mass is 16.5. The number of aromatic nitrogens is 2. The van der Waals surface area contributed by atoms with Crippen molar-refractivity contribution in [3.05, 3.63) is 11.4 Å². The number of nitrogens with one attached hydrogen (secondary N) is 1. The van der Waals surface area contributed by atoms with Crippen LogP contribution in [0.15, 0.2) is 0 Å². The fourth-order valence-electron chi connectivity index (χ4n) is 3.03. The highest BCUT2D eigenvalue weighted by molar-refractivity contribution is 5.58. The zero-order valence-electron chi connectivity index (χ0n) is 13.1. The first-order valence-electron chi connectivity index (χ1n) is 7.77. The third-order valence-corrected chi connectivity index (χ3v) is 4.71. The van der Waals surface area contributed by atoms with Gasteiger partial charge in [-0.2, -0.15) is 0 Å².